The van der Waals surface area contributed by atoms with E-state index >= 15 is 0 Å². The zero-order valence-electron chi connectivity index (χ0n) is 13.9. The van der Waals surface area contributed by atoms with E-state index in [4.69, 9.17) is 0 Å². The standard InChI is InChI=1S/C16H25N3O3S/c1-13(18(2)14-7-5-4-6-8-14)11-17-16(20)19(3)15-9-10-23(21,22)12-15/h4-8,13,15H,9-12H2,1-3H3,(H,17,20)/t13-,15-/m0/s1. The van der Waals surface area contributed by atoms with Crippen molar-refractivity contribution in [3.8, 4) is 0 Å². The van der Waals surface area contributed by atoms with Crippen molar-refractivity contribution in [1.29, 1.82) is 0 Å². The minimum Gasteiger partial charge on any atom is -0.370 e. The van der Waals surface area contributed by atoms with Crippen LogP contribution in [0.3, 0.4) is 0 Å². The summed E-state index contributed by atoms with van der Waals surface area (Å²) in [5.74, 6) is 0.235. The number of amides is 2. The maximum Gasteiger partial charge on any atom is 0.317 e. The first-order valence-electron chi connectivity index (χ1n) is 7.79. The van der Waals surface area contributed by atoms with E-state index < -0.39 is 9.84 Å². The van der Waals surface area contributed by atoms with Crippen LogP contribution in [0.1, 0.15) is 13.3 Å². The molecule has 128 valence electrons. The summed E-state index contributed by atoms with van der Waals surface area (Å²) in [6, 6.07) is 9.65. The zero-order chi connectivity index (χ0) is 17.0. The van der Waals surface area contributed by atoms with Crippen LogP contribution in [0.15, 0.2) is 30.3 Å². The number of hydrogen-bond donors (Lipinski definition) is 1. The monoisotopic (exact) mass is 339 g/mol. The highest BCUT2D eigenvalue weighted by atomic mass is 32.2. The molecule has 0 aromatic heterocycles. The molecule has 23 heavy (non-hydrogen) atoms. The molecule has 0 aliphatic carbocycles. The second-order valence-electron chi connectivity index (χ2n) is 6.15. The number of nitrogens with one attached hydrogen (secondary N) is 1. The SMILES string of the molecule is C[C@@H](CNC(=O)N(C)[C@H]1CCS(=O)(=O)C1)N(C)c1ccccc1. The Balaban J connectivity index is 1.84. The lowest BCUT2D eigenvalue weighted by Gasteiger charge is -2.29. The highest BCUT2D eigenvalue weighted by Crippen LogP contribution is 2.17. The molecule has 1 aliphatic heterocycles. The third-order valence-corrected chi connectivity index (χ3v) is 6.20. The Labute approximate surface area is 138 Å². The van der Waals surface area contributed by atoms with Crippen molar-refractivity contribution in [2.24, 2.45) is 0 Å². The summed E-state index contributed by atoms with van der Waals surface area (Å²) in [7, 11) is 0.660. The molecule has 1 aromatic rings. The first kappa shape index (κ1) is 17.6. The molecule has 2 rings (SSSR count). The van der Waals surface area contributed by atoms with Gasteiger partial charge in [0.2, 0.25) is 0 Å². The lowest BCUT2D eigenvalue weighted by molar-refractivity contribution is 0.194. The largest absolute Gasteiger partial charge is 0.370 e. The molecular weight excluding hydrogens is 314 g/mol. The Bertz CT molecular complexity index is 633. The molecule has 0 spiro atoms. The van der Waals surface area contributed by atoms with Crippen molar-refractivity contribution >= 4 is 21.6 Å². The van der Waals surface area contributed by atoms with Crippen LogP contribution in [0, 0.1) is 0 Å². The summed E-state index contributed by atoms with van der Waals surface area (Å²) in [6.07, 6.45) is 0.520. The van der Waals surface area contributed by atoms with Gasteiger partial charge in [0.05, 0.1) is 11.5 Å². The first-order chi connectivity index (χ1) is 10.8. The number of benzene rings is 1. The van der Waals surface area contributed by atoms with Crippen molar-refractivity contribution in [3.63, 3.8) is 0 Å². The molecule has 1 fully saturated rings. The van der Waals surface area contributed by atoms with Crippen LogP contribution in [0.2, 0.25) is 0 Å². The predicted molar refractivity (Wildman–Crippen MR) is 92.5 cm³/mol. The molecule has 1 aromatic carbocycles. The fraction of sp³-hybridized carbons (Fsp3) is 0.562. The first-order valence-corrected chi connectivity index (χ1v) is 9.61. The summed E-state index contributed by atoms with van der Waals surface area (Å²) in [6.45, 7) is 2.53. The van der Waals surface area contributed by atoms with E-state index in [0.29, 0.717) is 13.0 Å². The van der Waals surface area contributed by atoms with Gasteiger partial charge in [0.25, 0.3) is 0 Å². The highest BCUT2D eigenvalue weighted by Gasteiger charge is 2.32. The zero-order valence-corrected chi connectivity index (χ0v) is 14.7. The average molecular weight is 339 g/mol. The number of hydrogen-bond acceptors (Lipinski definition) is 4. The molecule has 1 N–H and O–H groups in total. The van der Waals surface area contributed by atoms with Crippen LogP contribution in [0.25, 0.3) is 0 Å². The molecule has 1 saturated heterocycles. The maximum atomic E-state index is 12.2. The molecule has 1 aliphatic rings. The molecule has 6 nitrogen and oxygen atoms in total. The molecule has 0 unspecified atom stereocenters. The van der Waals surface area contributed by atoms with Crippen LogP contribution < -0.4 is 10.2 Å². The number of para-hydroxylation sites is 1. The normalized spacial score (nSPS) is 20.7. The van der Waals surface area contributed by atoms with Crippen molar-refractivity contribution in [1.82, 2.24) is 10.2 Å². The van der Waals surface area contributed by atoms with Crippen molar-refractivity contribution in [2.75, 3.05) is 37.0 Å². The van der Waals surface area contributed by atoms with Gasteiger partial charge >= 0.3 is 6.03 Å². The number of urea groups is 1. The van der Waals surface area contributed by atoms with E-state index in [0.717, 1.165) is 5.69 Å². The van der Waals surface area contributed by atoms with Crippen molar-refractivity contribution in [3.05, 3.63) is 30.3 Å². The summed E-state index contributed by atoms with van der Waals surface area (Å²) in [4.78, 5) is 15.8. The summed E-state index contributed by atoms with van der Waals surface area (Å²) in [5, 5.41) is 2.89. The van der Waals surface area contributed by atoms with E-state index in [1.165, 1.54) is 4.90 Å². The minimum absolute atomic E-state index is 0.0659. The Hall–Kier alpha value is -1.76. The van der Waals surface area contributed by atoms with Gasteiger partial charge in [-0.05, 0) is 25.5 Å². The third kappa shape index (κ3) is 4.60. The van der Waals surface area contributed by atoms with Gasteiger partial charge in [-0.3, -0.25) is 0 Å². The van der Waals surface area contributed by atoms with Crippen LogP contribution in [-0.2, 0) is 9.84 Å². The van der Waals surface area contributed by atoms with E-state index in [-0.39, 0.29) is 29.6 Å². The molecule has 1 heterocycles. The fourth-order valence-electron chi connectivity index (χ4n) is 2.66. The van der Waals surface area contributed by atoms with E-state index in [1.54, 1.807) is 7.05 Å². The quantitative estimate of drug-likeness (QED) is 0.879. The fourth-order valence-corrected chi connectivity index (χ4v) is 4.44. The second kappa shape index (κ2) is 7.21. The van der Waals surface area contributed by atoms with Crippen LogP contribution in [-0.4, -0.2) is 63.6 Å². The molecule has 0 saturated carbocycles. The molecule has 0 radical (unpaired) electrons. The van der Waals surface area contributed by atoms with Gasteiger partial charge in [0, 0.05) is 38.4 Å². The summed E-state index contributed by atoms with van der Waals surface area (Å²) >= 11 is 0. The Morgan fingerprint density at radius 3 is 2.52 bits per heavy atom. The highest BCUT2D eigenvalue weighted by molar-refractivity contribution is 7.91. The Morgan fingerprint density at radius 2 is 1.96 bits per heavy atom. The number of nitrogens with zero attached hydrogens (tertiary/aromatic N) is 2. The van der Waals surface area contributed by atoms with Gasteiger partial charge in [0.15, 0.2) is 9.84 Å². The molecule has 7 heteroatoms. The minimum atomic E-state index is -2.98. The molecule has 2 amide bonds. The Morgan fingerprint density at radius 1 is 1.30 bits per heavy atom. The average Bonchev–Trinajstić information content (AvgIpc) is 2.91. The maximum absolute atomic E-state index is 12.2. The van der Waals surface area contributed by atoms with Crippen LogP contribution in [0.5, 0.6) is 0 Å². The molecular formula is C16H25N3O3S. The number of sulfone groups is 1. The van der Waals surface area contributed by atoms with Gasteiger partial charge < -0.3 is 15.1 Å². The predicted octanol–water partition coefficient (Wildman–Crippen LogP) is 1.34. The van der Waals surface area contributed by atoms with E-state index in [9.17, 15) is 13.2 Å². The van der Waals surface area contributed by atoms with Crippen molar-refractivity contribution in [2.45, 2.75) is 25.4 Å². The van der Waals surface area contributed by atoms with Gasteiger partial charge in [-0.2, -0.15) is 0 Å². The molecule has 0 bridgehead atoms. The number of anilines is 1. The summed E-state index contributed by atoms with van der Waals surface area (Å²) in [5.41, 5.74) is 1.09. The number of likely N-dealkylation sites (N-methyl/N-ethyl adjacent to an activating group) is 1. The topological polar surface area (TPSA) is 69.7 Å². The number of rotatable bonds is 5. The molecule has 2 atom stereocenters. The van der Waals surface area contributed by atoms with Crippen LogP contribution >= 0.6 is 0 Å². The third-order valence-electron chi connectivity index (χ3n) is 4.45. The van der Waals surface area contributed by atoms with Gasteiger partial charge in [-0.1, -0.05) is 18.2 Å². The lowest BCUT2D eigenvalue weighted by atomic mass is 10.2. The van der Waals surface area contributed by atoms with Crippen molar-refractivity contribution < 1.29 is 13.2 Å². The number of carbonyl (C=O) groups is 1. The van der Waals surface area contributed by atoms with Crippen LogP contribution in [0.4, 0.5) is 10.5 Å². The van der Waals surface area contributed by atoms with Gasteiger partial charge in [-0.25, -0.2) is 13.2 Å². The second-order valence-corrected chi connectivity index (χ2v) is 8.38. The van der Waals surface area contributed by atoms with Gasteiger partial charge in [-0.15, -0.1) is 0 Å². The Kier molecular flexibility index (Phi) is 5.51. The summed E-state index contributed by atoms with van der Waals surface area (Å²) < 4.78 is 23.0. The van der Waals surface area contributed by atoms with Gasteiger partial charge in [0.1, 0.15) is 0 Å². The lowest BCUT2D eigenvalue weighted by Crippen LogP contribution is -2.48. The number of carbonyl (C=O) groups excluding carboxylic acids is 1. The van der Waals surface area contributed by atoms with E-state index in [2.05, 4.69) is 10.2 Å². The van der Waals surface area contributed by atoms with E-state index in [1.807, 2.05) is 44.3 Å². The smallest absolute Gasteiger partial charge is 0.317 e.